The quantitative estimate of drug-likeness (QED) is 0.396. The lowest BCUT2D eigenvalue weighted by molar-refractivity contribution is -0.147. The average molecular weight is 469 g/mol. The Labute approximate surface area is 191 Å². The Hall–Kier alpha value is -2.12. The number of carbonyl (C=O) groups excluding carboxylic acids is 4. The number of halogens is 2. The smallest absolute Gasteiger partial charge is 0.326 e. The molecule has 1 saturated carbocycles. The maximum absolute atomic E-state index is 13.0. The van der Waals surface area contributed by atoms with Gasteiger partial charge in [-0.25, -0.2) is 4.79 Å². The van der Waals surface area contributed by atoms with Crippen LogP contribution in [0, 0.1) is 11.3 Å². The van der Waals surface area contributed by atoms with E-state index in [2.05, 4.69) is 26.1 Å². The second-order valence-electron chi connectivity index (χ2n) is 9.25. The Bertz CT molecular complexity index is 917. The number of esters is 1. The third-order valence-electron chi connectivity index (χ3n) is 6.19. The van der Waals surface area contributed by atoms with Gasteiger partial charge in [-0.05, 0) is 55.2 Å². The molecule has 1 N–H and O–H groups in total. The highest BCUT2D eigenvalue weighted by Gasteiger charge is 2.53. The number of nitrogens with zero attached hydrogens (tertiary/aromatic N) is 1. The van der Waals surface area contributed by atoms with Crippen LogP contribution < -0.4 is 5.32 Å². The number of benzene rings is 1. The van der Waals surface area contributed by atoms with Gasteiger partial charge in [-0.1, -0.05) is 44.0 Å². The number of amides is 3. The lowest BCUT2D eigenvalue weighted by atomic mass is 9.67. The molecule has 31 heavy (non-hydrogen) atoms. The van der Waals surface area contributed by atoms with Crippen molar-refractivity contribution < 1.29 is 23.9 Å². The zero-order valence-corrected chi connectivity index (χ0v) is 19.3. The Balaban J connectivity index is 1.56. The summed E-state index contributed by atoms with van der Waals surface area (Å²) in [6, 6.07) is 3.75. The molecule has 3 amide bonds. The van der Waals surface area contributed by atoms with Gasteiger partial charge >= 0.3 is 12.0 Å². The van der Waals surface area contributed by atoms with Crippen LogP contribution in [-0.4, -0.2) is 47.3 Å². The molecule has 0 aromatic heterocycles. The van der Waals surface area contributed by atoms with Crippen LogP contribution in [0.5, 0.6) is 0 Å². The number of imide groups is 1. The lowest BCUT2D eigenvalue weighted by Gasteiger charge is -2.40. The fraction of sp³-hybridized carbons (Fsp3) is 0.545. The fourth-order valence-corrected chi connectivity index (χ4v) is 4.76. The minimum atomic E-state index is -0.953. The van der Waals surface area contributed by atoms with Crippen molar-refractivity contribution in [3.05, 3.63) is 33.8 Å². The van der Waals surface area contributed by atoms with Gasteiger partial charge in [0.25, 0.3) is 5.91 Å². The molecule has 2 fully saturated rings. The van der Waals surface area contributed by atoms with Crippen molar-refractivity contribution >= 4 is 46.9 Å². The molecule has 9 heteroatoms. The van der Waals surface area contributed by atoms with Crippen LogP contribution in [0.4, 0.5) is 4.79 Å². The molecule has 0 radical (unpaired) electrons. The third kappa shape index (κ3) is 5.04. The molecule has 0 bridgehead atoms. The van der Waals surface area contributed by atoms with Crippen LogP contribution in [0.15, 0.2) is 18.2 Å². The van der Waals surface area contributed by atoms with E-state index in [-0.39, 0.29) is 16.0 Å². The maximum Gasteiger partial charge on any atom is 0.326 e. The molecule has 1 aliphatic carbocycles. The molecule has 1 heterocycles. The second kappa shape index (κ2) is 8.79. The number of hydrogen-bond donors (Lipinski definition) is 1. The Morgan fingerprint density at radius 2 is 1.84 bits per heavy atom. The number of rotatable bonds is 5. The van der Waals surface area contributed by atoms with Crippen LogP contribution in [-0.2, 0) is 14.3 Å². The number of ether oxygens (including phenoxy) is 1. The van der Waals surface area contributed by atoms with E-state index in [4.69, 9.17) is 27.9 Å². The summed E-state index contributed by atoms with van der Waals surface area (Å²) in [5, 5.41) is 3.31. The van der Waals surface area contributed by atoms with Gasteiger partial charge in [-0.15, -0.1) is 0 Å². The minimum Gasteiger partial charge on any atom is -0.456 e. The standard InChI is InChI=1S/C22H26Cl2N2O5/c1-21(2,3)13-6-8-22(9-7-13)19(29)26(20(30)25-22)11-18(28)31-12-17(27)15-5-4-14(23)10-16(15)24/h4-5,10,13H,6-9,11-12H2,1-3H3,(H,25,30). The first kappa shape index (κ1) is 23.5. The van der Waals surface area contributed by atoms with Crippen molar-refractivity contribution in [1.29, 1.82) is 0 Å². The summed E-state index contributed by atoms with van der Waals surface area (Å²) in [7, 11) is 0. The SMILES string of the molecule is CC(C)(C)C1CCC2(CC1)NC(=O)N(CC(=O)OCC(=O)c1ccc(Cl)cc1Cl)C2=O. The number of hydrogen-bond acceptors (Lipinski definition) is 5. The van der Waals surface area contributed by atoms with Crippen LogP contribution in [0.1, 0.15) is 56.8 Å². The molecule has 1 aromatic rings. The van der Waals surface area contributed by atoms with E-state index in [1.54, 1.807) is 0 Å². The van der Waals surface area contributed by atoms with Crippen molar-refractivity contribution in [3.63, 3.8) is 0 Å². The summed E-state index contributed by atoms with van der Waals surface area (Å²) >= 11 is 11.8. The van der Waals surface area contributed by atoms with Gasteiger partial charge in [0.2, 0.25) is 5.78 Å². The zero-order valence-electron chi connectivity index (χ0n) is 17.8. The first-order valence-electron chi connectivity index (χ1n) is 10.2. The summed E-state index contributed by atoms with van der Waals surface area (Å²) in [4.78, 5) is 50.7. The Kier molecular flexibility index (Phi) is 6.67. The van der Waals surface area contributed by atoms with Gasteiger partial charge in [-0.3, -0.25) is 19.3 Å². The molecule has 0 atom stereocenters. The van der Waals surface area contributed by atoms with E-state index >= 15 is 0 Å². The van der Waals surface area contributed by atoms with E-state index in [1.807, 2.05) is 0 Å². The predicted molar refractivity (Wildman–Crippen MR) is 116 cm³/mol. The van der Waals surface area contributed by atoms with Crippen LogP contribution in [0.3, 0.4) is 0 Å². The van der Waals surface area contributed by atoms with Crippen molar-refractivity contribution in [2.24, 2.45) is 11.3 Å². The zero-order chi connectivity index (χ0) is 23.0. The largest absolute Gasteiger partial charge is 0.456 e. The first-order chi connectivity index (χ1) is 14.4. The van der Waals surface area contributed by atoms with Gasteiger partial charge in [0.15, 0.2) is 6.61 Å². The maximum atomic E-state index is 13.0. The highest BCUT2D eigenvalue weighted by molar-refractivity contribution is 6.36. The topological polar surface area (TPSA) is 92.8 Å². The molecule has 1 aromatic carbocycles. The molecule has 0 unspecified atom stereocenters. The van der Waals surface area contributed by atoms with E-state index in [1.165, 1.54) is 18.2 Å². The molecule has 168 valence electrons. The van der Waals surface area contributed by atoms with E-state index in [0.29, 0.717) is 23.8 Å². The summed E-state index contributed by atoms with van der Waals surface area (Å²) < 4.78 is 4.99. The van der Waals surface area contributed by atoms with Gasteiger partial charge < -0.3 is 10.1 Å². The van der Waals surface area contributed by atoms with Gasteiger partial charge in [0, 0.05) is 10.6 Å². The number of Topliss-reactive ketones (excluding diaryl/α,β-unsaturated/α-hetero) is 1. The summed E-state index contributed by atoms with van der Waals surface area (Å²) in [6.45, 7) is 5.42. The monoisotopic (exact) mass is 468 g/mol. The van der Waals surface area contributed by atoms with E-state index in [9.17, 15) is 19.2 Å². The molecular weight excluding hydrogens is 443 g/mol. The number of carbonyl (C=O) groups is 4. The molecule has 2 aliphatic rings. The van der Waals surface area contributed by atoms with Crippen LogP contribution in [0.2, 0.25) is 10.0 Å². The van der Waals surface area contributed by atoms with Crippen molar-refractivity contribution in [2.75, 3.05) is 13.2 Å². The van der Waals surface area contributed by atoms with E-state index < -0.39 is 42.4 Å². The summed E-state index contributed by atoms with van der Waals surface area (Å²) in [5.74, 6) is -1.30. The normalized spacial score (nSPS) is 23.8. The second-order valence-corrected chi connectivity index (χ2v) is 10.1. The Morgan fingerprint density at radius 1 is 1.19 bits per heavy atom. The van der Waals surface area contributed by atoms with Gasteiger partial charge in [-0.2, -0.15) is 0 Å². The number of urea groups is 1. The molecule has 3 rings (SSSR count). The third-order valence-corrected chi connectivity index (χ3v) is 6.74. The highest BCUT2D eigenvalue weighted by Crippen LogP contribution is 2.43. The minimum absolute atomic E-state index is 0.135. The van der Waals surface area contributed by atoms with Gasteiger partial charge in [0.1, 0.15) is 12.1 Å². The average Bonchev–Trinajstić information content (AvgIpc) is 2.90. The van der Waals surface area contributed by atoms with Crippen molar-refractivity contribution in [1.82, 2.24) is 10.2 Å². The summed E-state index contributed by atoms with van der Waals surface area (Å²) in [6.07, 6.45) is 2.73. The molecule has 1 spiro atoms. The molecule has 7 nitrogen and oxygen atoms in total. The highest BCUT2D eigenvalue weighted by atomic mass is 35.5. The van der Waals surface area contributed by atoms with Crippen molar-refractivity contribution in [3.8, 4) is 0 Å². The summed E-state index contributed by atoms with van der Waals surface area (Å²) in [5.41, 5.74) is -0.648. The number of ketones is 1. The molecule has 1 aliphatic heterocycles. The van der Waals surface area contributed by atoms with Gasteiger partial charge in [0.05, 0.1) is 5.02 Å². The van der Waals surface area contributed by atoms with E-state index in [0.717, 1.165) is 17.7 Å². The fourth-order valence-electron chi connectivity index (χ4n) is 4.25. The predicted octanol–water partition coefficient (Wildman–Crippen LogP) is 4.25. The van der Waals surface area contributed by atoms with Crippen molar-refractivity contribution in [2.45, 2.75) is 52.0 Å². The first-order valence-corrected chi connectivity index (χ1v) is 11.0. The lowest BCUT2D eigenvalue weighted by Crippen LogP contribution is -2.50. The molecular formula is C22H26Cl2N2O5. The van der Waals surface area contributed by atoms with Crippen LogP contribution in [0.25, 0.3) is 0 Å². The molecule has 1 saturated heterocycles. The van der Waals surface area contributed by atoms with Crippen LogP contribution >= 0.6 is 23.2 Å². The number of nitrogens with one attached hydrogen (secondary N) is 1. The Morgan fingerprint density at radius 3 is 2.42 bits per heavy atom.